The maximum Gasteiger partial charge on any atom is 0.335 e. The normalized spacial score (nSPS) is 15.0. The zero-order valence-corrected chi connectivity index (χ0v) is 19.0. The maximum atomic E-state index is 13.7. The Labute approximate surface area is 196 Å². The number of hydrogen-bond acceptors (Lipinski definition) is 4. The Hall–Kier alpha value is -4.26. The Morgan fingerprint density at radius 1 is 0.971 bits per heavy atom. The fraction of sp³-hybridized carbons (Fsp3) is 0.148. The molecule has 3 aromatic carbocycles. The Bertz CT molecular complexity index is 1350. The SMILES string of the molecule is COc1ccc(/C=C2\C(=O)NC(=O)N(c3ccc(C)c(C)c3)C2=O)c(Cc2cccc(F)c2)c1. The van der Waals surface area contributed by atoms with Crippen molar-refractivity contribution < 1.29 is 23.5 Å². The van der Waals surface area contributed by atoms with E-state index in [9.17, 15) is 18.8 Å². The first-order valence-electron chi connectivity index (χ1n) is 10.7. The number of anilines is 1. The number of nitrogens with zero attached hydrogens (tertiary/aromatic N) is 1. The van der Waals surface area contributed by atoms with Gasteiger partial charge < -0.3 is 4.74 Å². The minimum absolute atomic E-state index is 0.177. The van der Waals surface area contributed by atoms with Gasteiger partial charge in [-0.05, 0) is 90.6 Å². The first-order chi connectivity index (χ1) is 16.3. The molecule has 6 nitrogen and oxygen atoms in total. The lowest BCUT2D eigenvalue weighted by atomic mass is 9.96. The summed E-state index contributed by atoms with van der Waals surface area (Å²) in [6.07, 6.45) is 1.80. The van der Waals surface area contributed by atoms with Crippen molar-refractivity contribution in [1.82, 2.24) is 5.32 Å². The van der Waals surface area contributed by atoms with Crippen LogP contribution in [0.1, 0.15) is 27.8 Å². The van der Waals surface area contributed by atoms with Crippen molar-refractivity contribution in [3.05, 3.63) is 99.9 Å². The van der Waals surface area contributed by atoms with Gasteiger partial charge in [-0.15, -0.1) is 0 Å². The van der Waals surface area contributed by atoms with Gasteiger partial charge in [0.25, 0.3) is 11.8 Å². The van der Waals surface area contributed by atoms with Crippen molar-refractivity contribution in [3.63, 3.8) is 0 Å². The molecule has 4 rings (SSSR count). The fourth-order valence-electron chi connectivity index (χ4n) is 3.78. The van der Waals surface area contributed by atoms with Crippen molar-refractivity contribution in [3.8, 4) is 5.75 Å². The summed E-state index contributed by atoms with van der Waals surface area (Å²) in [7, 11) is 1.53. The number of amides is 4. The molecule has 7 heteroatoms. The van der Waals surface area contributed by atoms with E-state index in [2.05, 4.69) is 5.32 Å². The molecular formula is C27H23FN2O4. The van der Waals surface area contributed by atoms with Crippen molar-refractivity contribution in [2.45, 2.75) is 20.3 Å². The Kier molecular flexibility index (Phi) is 6.27. The summed E-state index contributed by atoms with van der Waals surface area (Å²) in [5.41, 5.74) is 4.15. The number of nitrogens with one attached hydrogen (secondary N) is 1. The number of barbiturate groups is 1. The van der Waals surface area contributed by atoms with Gasteiger partial charge in [-0.3, -0.25) is 14.9 Å². The summed E-state index contributed by atoms with van der Waals surface area (Å²) in [6, 6.07) is 15.8. The molecule has 0 radical (unpaired) electrons. The minimum atomic E-state index is -0.801. The fourth-order valence-corrected chi connectivity index (χ4v) is 3.78. The van der Waals surface area contributed by atoms with E-state index in [1.165, 1.54) is 25.3 Å². The summed E-state index contributed by atoms with van der Waals surface area (Å²) in [5.74, 6) is -1.27. The van der Waals surface area contributed by atoms with Crippen LogP contribution in [0.5, 0.6) is 5.75 Å². The van der Waals surface area contributed by atoms with Crippen molar-refractivity contribution >= 4 is 29.6 Å². The molecule has 4 amide bonds. The van der Waals surface area contributed by atoms with Gasteiger partial charge in [-0.25, -0.2) is 14.1 Å². The lowest BCUT2D eigenvalue weighted by Crippen LogP contribution is -2.54. The average molecular weight is 458 g/mol. The molecule has 34 heavy (non-hydrogen) atoms. The van der Waals surface area contributed by atoms with Crippen LogP contribution in [0.15, 0.2) is 66.2 Å². The molecule has 1 fully saturated rings. The van der Waals surface area contributed by atoms with Crippen LogP contribution in [0.3, 0.4) is 0 Å². The molecule has 0 spiro atoms. The van der Waals surface area contributed by atoms with Gasteiger partial charge in [0, 0.05) is 0 Å². The molecule has 1 saturated heterocycles. The van der Waals surface area contributed by atoms with Crippen LogP contribution in [0.4, 0.5) is 14.9 Å². The van der Waals surface area contributed by atoms with E-state index < -0.39 is 17.8 Å². The van der Waals surface area contributed by atoms with Crippen molar-refractivity contribution in [2.24, 2.45) is 0 Å². The van der Waals surface area contributed by atoms with E-state index >= 15 is 0 Å². The molecule has 1 heterocycles. The first-order valence-corrected chi connectivity index (χ1v) is 10.7. The van der Waals surface area contributed by atoms with Crippen LogP contribution in [-0.4, -0.2) is 25.0 Å². The lowest BCUT2D eigenvalue weighted by Gasteiger charge is -2.27. The largest absolute Gasteiger partial charge is 0.497 e. The summed E-state index contributed by atoms with van der Waals surface area (Å²) in [5, 5.41) is 2.25. The van der Waals surface area contributed by atoms with E-state index in [-0.39, 0.29) is 11.4 Å². The lowest BCUT2D eigenvalue weighted by molar-refractivity contribution is -0.122. The third kappa shape index (κ3) is 4.59. The van der Waals surface area contributed by atoms with Gasteiger partial charge in [-0.2, -0.15) is 0 Å². The molecular weight excluding hydrogens is 435 g/mol. The van der Waals surface area contributed by atoms with E-state index in [0.29, 0.717) is 23.4 Å². The third-order valence-electron chi connectivity index (χ3n) is 5.78. The third-order valence-corrected chi connectivity index (χ3v) is 5.78. The summed E-state index contributed by atoms with van der Waals surface area (Å²) >= 11 is 0. The van der Waals surface area contributed by atoms with Gasteiger partial charge in [0.2, 0.25) is 0 Å². The Morgan fingerprint density at radius 2 is 1.76 bits per heavy atom. The highest BCUT2D eigenvalue weighted by Gasteiger charge is 2.37. The number of hydrogen-bond donors (Lipinski definition) is 1. The van der Waals surface area contributed by atoms with E-state index in [1.807, 2.05) is 19.9 Å². The van der Waals surface area contributed by atoms with Crippen LogP contribution < -0.4 is 15.0 Å². The van der Waals surface area contributed by atoms with Gasteiger partial charge >= 0.3 is 6.03 Å². The van der Waals surface area contributed by atoms with E-state index in [4.69, 9.17) is 4.74 Å². The van der Waals surface area contributed by atoms with Crippen LogP contribution in [0.25, 0.3) is 6.08 Å². The van der Waals surface area contributed by atoms with Gasteiger partial charge in [-0.1, -0.05) is 24.3 Å². The number of methoxy groups -OCH3 is 1. The number of urea groups is 1. The molecule has 1 aliphatic heterocycles. The predicted molar refractivity (Wildman–Crippen MR) is 127 cm³/mol. The van der Waals surface area contributed by atoms with Crippen molar-refractivity contribution in [1.29, 1.82) is 0 Å². The molecule has 0 unspecified atom stereocenters. The Balaban J connectivity index is 1.76. The van der Waals surface area contributed by atoms with Crippen molar-refractivity contribution in [2.75, 3.05) is 12.0 Å². The maximum absolute atomic E-state index is 13.7. The number of benzene rings is 3. The highest BCUT2D eigenvalue weighted by atomic mass is 19.1. The van der Waals surface area contributed by atoms with Crippen LogP contribution >= 0.6 is 0 Å². The highest BCUT2D eigenvalue weighted by Crippen LogP contribution is 2.27. The Morgan fingerprint density at radius 3 is 2.47 bits per heavy atom. The van der Waals surface area contributed by atoms with E-state index in [0.717, 1.165) is 27.2 Å². The molecule has 1 aliphatic rings. The summed E-state index contributed by atoms with van der Waals surface area (Å²) in [6.45, 7) is 3.80. The van der Waals surface area contributed by atoms with Crippen LogP contribution in [0.2, 0.25) is 0 Å². The number of ether oxygens (including phenoxy) is 1. The monoisotopic (exact) mass is 458 g/mol. The molecule has 0 bridgehead atoms. The second-order valence-electron chi connectivity index (χ2n) is 8.10. The van der Waals surface area contributed by atoms with E-state index in [1.54, 1.807) is 42.5 Å². The molecule has 0 aliphatic carbocycles. The number of rotatable bonds is 5. The zero-order valence-electron chi connectivity index (χ0n) is 19.0. The average Bonchev–Trinajstić information content (AvgIpc) is 2.79. The second kappa shape index (κ2) is 9.31. The smallest absolute Gasteiger partial charge is 0.335 e. The standard InChI is InChI=1S/C27H23FN2O4/c1-16-7-9-22(11-17(16)2)30-26(32)24(25(31)29-27(30)33)15-19-8-10-23(34-3)14-20(19)12-18-5-4-6-21(28)13-18/h4-11,13-15H,12H2,1-3H3,(H,29,31,33)/b24-15+. The quantitative estimate of drug-likeness (QED) is 0.444. The summed E-state index contributed by atoms with van der Waals surface area (Å²) < 4.78 is 19.0. The van der Waals surface area contributed by atoms with Gasteiger partial charge in [0.05, 0.1) is 12.8 Å². The first kappa shape index (κ1) is 22.9. The number of imide groups is 2. The molecule has 172 valence electrons. The number of carbonyl (C=O) groups excluding carboxylic acids is 3. The topological polar surface area (TPSA) is 75.7 Å². The van der Waals surface area contributed by atoms with Gasteiger partial charge in [0.1, 0.15) is 17.1 Å². The zero-order chi connectivity index (χ0) is 24.4. The van der Waals surface area contributed by atoms with Crippen LogP contribution in [-0.2, 0) is 16.0 Å². The minimum Gasteiger partial charge on any atom is -0.497 e. The molecule has 1 N–H and O–H groups in total. The molecule has 0 aromatic heterocycles. The number of halogens is 1. The van der Waals surface area contributed by atoms with Gasteiger partial charge in [0.15, 0.2) is 0 Å². The molecule has 0 saturated carbocycles. The summed E-state index contributed by atoms with van der Waals surface area (Å²) in [4.78, 5) is 39.4. The highest BCUT2D eigenvalue weighted by molar-refractivity contribution is 6.39. The number of aryl methyl sites for hydroxylation is 2. The number of carbonyl (C=O) groups is 3. The second-order valence-corrected chi connectivity index (χ2v) is 8.10. The molecule has 3 aromatic rings. The predicted octanol–water partition coefficient (Wildman–Crippen LogP) is 4.71. The van der Waals surface area contributed by atoms with Crippen LogP contribution in [0, 0.1) is 19.7 Å². The molecule has 0 atom stereocenters.